The van der Waals surface area contributed by atoms with Gasteiger partial charge in [-0.1, -0.05) is 32.0 Å². The highest BCUT2D eigenvalue weighted by molar-refractivity contribution is 5.95. The van der Waals surface area contributed by atoms with E-state index in [9.17, 15) is 9.59 Å². The zero-order chi connectivity index (χ0) is 16.5. The van der Waals surface area contributed by atoms with Gasteiger partial charge in [0.25, 0.3) is 0 Å². The number of para-hydroxylation sites is 1. The van der Waals surface area contributed by atoms with Crippen molar-refractivity contribution in [3.63, 3.8) is 0 Å². The molecule has 1 atom stereocenters. The summed E-state index contributed by atoms with van der Waals surface area (Å²) in [5.41, 5.74) is 1.90. The maximum atomic E-state index is 12.1. The molecule has 22 heavy (non-hydrogen) atoms. The quantitative estimate of drug-likeness (QED) is 0.772. The SMILES string of the molecule is CCCNC(C)C(=O)N(C)CC(=O)Nc1ccccc1CC. The number of carbonyl (C=O) groups is 2. The highest BCUT2D eigenvalue weighted by Gasteiger charge is 2.19. The number of hydrogen-bond acceptors (Lipinski definition) is 3. The fourth-order valence-corrected chi connectivity index (χ4v) is 2.21. The lowest BCUT2D eigenvalue weighted by Gasteiger charge is -2.22. The highest BCUT2D eigenvalue weighted by atomic mass is 16.2. The monoisotopic (exact) mass is 305 g/mol. The van der Waals surface area contributed by atoms with E-state index in [0.717, 1.165) is 30.6 Å². The van der Waals surface area contributed by atoms with Crippen LogP contribution in [0.4, 0.5) is 5.69 Å². The van der Waals surface area contributed by atoms with E-state index >= 15 is 0 Å². The zero-order valence-corrected chi connectivity index (χ0v) is 14.0. The summed E-state index contributed by atoms with van der Waals surface area (Å²) in [6.07, 6.45) is 1.82. The summed E-state index contributed by atoms with van der Waals surface area (Å²) in [5.74, 6) is -0.258. The van der Waals surface area contributed by atoms with Crippen LogP contribution in [0.5, 0.6) is 0 Å². The van der Waals surface area contributed by atoms with Gasteiger partial charge in [0.2, 0.25) is 11.8 Å². The molecule has 122 valence electrons. The molecule has 2 amide bonds. The standard InChI is InChI=1S/C17H27N3O2/c1-5-11-18-13(3)17(22)20(4)12-16(21)19-15-10-8-7-9-14(15)6-2/h7-10,13,18H,5-6,11-12H2,1-4H3,(H,19,21). The Kier molecular flexibility index (Phi) is 7.60. The molecule has 2 N–H and O–H groups in total. The number of likely N-dealkylation sites (N-methyl/N-ethyl adjacent to an activating group) is 1. The van der Waals surface area contributed by atoms with Gasteiger partial charge in [-0.15, -0.1) is 0 Å². The first kappa shape index (κ1) is 18.2. The average Bonchev–Trinajstić information content (AvgIpc) is 2.52. The number of anilines is 1. The molecule has 1 unspecified atom stereocenters. The van der Waals surface area contributed by atoms with Crippen LogP contribution >= 0.6 is 0 Å². The first-order valence-corrected chi connectivity index (χ1v) is 7.85. The molecule has 0 fully saturated rings. The number of aryl methyl sites for hydroxylation is 1. The number of rotatable bonds is 8. The van der Waals surface area contributed by atoms with E-state index < -0.39 is 0 Å². The summed E-state index contributed by atoms with van der Waals surface area (Å²) in [6.45, 7) is 6.75. The molecule has 1 aromatic carbocycles. The molecule has 0 heterocycles. The van der Waals surface area contributed by atoms with E-state index in [2.05, 4.69) is 10.6 Å². The highest BCUT2D eigenvalue weighted by Crippen LogP contribution is 2.15. The molecule has 0 aliphatic heterocycles. The van der Waals surface area contributed by atoms with Gasteiger partial charge in [-0.3, -0.25) is 9.59 Å². The van der Waals surface area contributed by atoms with Gasteiger partial charge in [-0.25, -0.2) is 0 Å². The van der Waals surface area contributed by atoms with Gasteiger partial charge in [0.15, 0.2) is 0 Å². The van der Waals surface area contributed by atoms with Crippen LogP contribution in [0.15, 0.2) is 24.3 Å². The second-order valence-electron chi connectivity index (χ2n) is 5.43. The molecule has 0 aromatic heterocycles. The van der Waals surface area contributed by atoms with E-state index in [4.69, 9.17) is 0 Å². The van der Waals surface area contributed by atoms with Gasteiger partial charge in [0.1, 0.15) is 0 Å². The predicted octanol–water partition coefficient (Wildman–Crippen LogP) is 2.03. The van der Waals surface area contributed by atoms with Crippen LogP contribution < -0.4 is 10.6 Å². The smallest absolute Gasteiger partial charge is 0.243 e. The van der Waals surface area contributed by atoms with E-state index in [0.29, 0.717) is 0 Å². The minimum Gasteiger partial charge on any atom is -0.335 e. The number of carbonyl (C=O) groups excluding carboxylic acids is 2. The van der Waals surface area contributed by atoms with Crippen molar-refractivity contribution in [2.75, 3.05) is 25.5 Å². The van der Waals surface area contributed by atoms with Crippen molar-refractivity contribution in [3.8, 4) is 0 Å². The van der Waals surface area contributed by atoms with Crippen LogP contribution in [-0.4, -0.2) is 42.9 Å². The fraction of sp³-hybridized carbons (Fsp3) is 0.529. The Labute approximate surface area is 133 Å². The van der Waals surface area contributed by atoms with Crippen molar-refractivity contribution in [1.82, 2.24) is 10.2 Å². The van der Waals surface area contributed by atoms with Crippen LogP contribution in [0.25, 0.3) is 0 Å². The minimum atomic E-state index is -0.277. The Morgan fingerprint density at radius 2 is 1.91 bits per heavy atom. The van der Waals surface area contributed by atoms with Crippen molar-refractivity contribution in [1.29, 1.82) is 0 Å². The molecule has 0 spiro atoms. The summed E-state index contributed by atoms with van der Waals surface area (Å²) >= 11 is 0. The van der Waals surface area contributed by atoms with E-state index in [1.807, 2.05) is 45.0 Å². The maximum Gasteiger partial charge on any atom is 0.243 e. The molecule has 0 bridgehead atoms. The van der Waals surface area contributed by atoms with Crippen molar-refractivity contribution in [2.24, 2.45) is 0 Å². The summed E-state index contributed by atoms with van der Waals surface area (Å²) in [5, 5.41) is 6.01. The fourth-order valence-electron chi connectivity index (χ4n) is 2.21. The Balaban J connectivity index is 2.55. The van der Waals surface area contributed by atoms with E-state index in [1.165, 1.54) is 4.90 Å². The third-order valence-electron chi connectivity index (χ3n) is 3.50. The van der Waals surface area contributed by atoms with Crippen molar-refractivity contribution >= 4 is 17.5 Å². The van der Waals surface area contributed by atoms with Crippen LogP contribution in [0, 0.1) is 0 Å². The average molecular weight is 305 g/mol. The number of nitrogens with zero attached hydrogens (tertiary/aromatic N) is 1. The molecule has 0 saturated heterocycles. The second kappa shape index (κ2) is 9.20. The molecule has 0 saturated carbocycles. The lowest BCUT2D eigenvalue weighted by molar-refractivity contribution is -0.134. The van der Waals surface area contributed by atoms with Crippen molar-refractivity contribution in [2.45, 2.75) is 39.7 Å². The normalized spacial score (nSPS) is 11.8. The topological polar surface area (TPSA) is 61.4 Å². The molecular weight excluding hydrogens is 278 g/mol. The van der Waals surface area contributed by atoms with Crippen LogP contribution in [0.3, 0.4) is 0 Å². The third kappa shape index (κ3) is 5.48. The summed E-state index contributed by atoms with van der Waals surface area (Å²) < 4.78 is 0. The Morgan fingerprint density at radius 3 is 2.55 bits per heavy atom. The molecule has 5 heteroatoms. The van der Waals surface area contributed by atoms with Gasteiger partial charge < -0.3 is 15.5 Å². The Bertz CT molecular complexity index is 502. The summed E-state index contributed by atoms with van der Waals surface area (Å²) in [7, 11) is 1.65. The molecular formula is C17H27N3O2. The van der Waals surface area contributed by atoms with Gasteiger partial charge in [0, 0.05) is 12.7 Å². The lowest BCUT2D eigenvalue weighted by atomic mass is 10.1. The number of hydrogen-bond donors (Lipinski definition) is 2. The van der Waals surface area contributed by atoms with Gasteiger partial charge in [-0.05, 0) is 37.9 Å². The maximum absolute atomic E-state index is 12.1. The van der Waals surface area contributed by atoms with E-state index in [-0.39, 0.29) is 24.4 Å². The van der Waals surface area contributed by atoms with Crippen molar-refractivity contribution in [3.05, 3.63) is 29.8 Å². The molecule has 1 rings (SSSR count). The zero-order valence-electron chi connectivity index (χ0n) is 14.0. The predicted molar refractivity (Wildman–Crippen MR) is 89.8 cm³/mol. The van der Waals surface area contributed by atoms with Crippen LogP contribution in [0.1, 0.15) is 32.8 Å². The number of benzene rings is 1. The lowest BCUT2D eigenvalue weighted by Crippen LogP contribution is -2.45. The van der Waals surface area contributed by atoms with Crippen molar-refractivity contribution < 1.29 is 9.59 Å². The largest absolute Gasteiger partial charge is 0.335 e. The van der Waals surface area contributed by atoms with Gasteiger partial charge in [-0.2, -0.15) is 0 Å². The number of nitrogens with one attached hydrogen (secondary N) is 2. The minimum absolute atomic E-state index is 0.0506. The van der Waals surface area contributed by atoms with Crippen LogP contribution in [0.2, 0.25) is 0 Å². The molecule has 0 aliphatic rings. The number of amides is 2. The molecule has 5 nitrogen and oxygen atoms in total. The first-order chi connectivity index (χ1) is 10.5. The third-order valence-corrected chi connectivity index (χ3v) is 3.50. The molecule has 1 aromatic rings. The first-order valence-electron chi connectivity index (χ1n) is 7.85. The summed E-state index contributed by atoms with van der Waals surface area (Å²) in [6, 6.07) is 7.43. The van der Waals surface area contributed by atoms with Gasteiger partial charge >= 0.3 is 0 Å². The molecule has 0 radical (unpaired) electrons. The Morgan fingerprint density at radius 1 is 1.23 bits per heavy atom. The second-order valence-corrected chi connectivity index (χ2v) is 5.43. The van der Waals surface area contributed by atoms with Crippen LogP contribution in [-0.2, 0) is 16.0 Å². The van der Waals surface area contributed by atoms with E-state index in [1.54, 1.807) is 7.05 Å². The summed E-state index contributed by atoms with van der Waals surface area (Å²) in [4.78, 5) is 25.7. The Hall–Kier alpha value is -1.88. The van der Waals surface area contributed by atoms with Gasteiger partial charge in [0.05, 0.1) is 12.6 Å². The molecule has 0 aliphatic carbocycles.